The molecule has 0 aromatic heterocycles. The lowest BCUT2D eigenvalue weighted by Crippen LogP contribution is -2.34. The first-order valence-electron chi connectivity index (χ1n) is 6.50. The van der Waals surface area contributed by atoms with Crippen molar-refractivity contribution in [1.29, 1.82) is 0 Å². The van der Waals surface area contributed by atoms with Crippen LogP contribution < -0.4 is 5.32 Å². The van der Waals surface area contributed by atoms with Gasteiger partial charge in [-0.1, -0.05) is 12.1 Å². The maximum Gasteiger partial charge on any atom is 0.246 e. The van der Waals surface area contributed by atoms with E-state index in [0.29, 0.717) is 12.1 Å². The normalized spacial score (nSPS) is 11.8. The van der Waals surface area contributed by atoms with E-state index >= 15 is 0 Å². The van der Waals surface area contributed by atoms with Gasteiger partial charge in [0.15, 0.2) is 0 Å². The summed E-state index contributed by atoms with van der Waals surface area (Å²) in [5.74, 6) is -0.755. The van der Waals surface area contributed by atoms with Crippen LogP contribution in [0.4, 0.5) is 4.39 Å². The first kappa shape index (κ1) is 17.8. The molecule has 1 N–H and O–H groups in total. The Morgan fingerprint density at radius 1 is 1.48 bits per heavy atom. The summed E-state index contributed by atoms with van der Waals surface area (Å²) in [5, 5.41) is 2.88. The fraction of sp³-hybridized carbons (Fsp3) is 0.429. The number of rotatable bonds is 9. The minimum atomic E-state index is -3.91. The van der Waals surface area contributed by atoms with E-state index in [1.54, 1.807) is 13.1 Å². The van der Waals surface area contributed by atoms with Gasteiger partial charge >= 0.3 is 0 Å². The fourth-order valence-corrected chi connectivity index (χ4v) is 3.29. The van der Waals surface area contributed by atoms with Gasteiger partial charge in [0, 0.05) is 26.7 Å². The molecule has 1 aromatic rings. The van der Waals surface area contributed by atoms with Crippen LogP contribution in [0.5, 0.6) is 0 Å². The van der Waals surface area contributed by atoms with E-state index in [1.165, 1.54) is 25.3 Å². The van der Waals surface area contributed by atoms with Crippen LogP contribution in [-0.2, 0) is 21.3 Å². The molecule has 0 aliphatic rings. The Bertz CT molecular complexity index is 576. The third-order valence-electron chi connectivity index (χ3n) is 2.87. The van der Waals surface area contributed by atoms with E-state index in [9.17, 15) is 12.8 Å². The number of sulfonamides is 1. The monoisotopic (exact) mass is 316 g/mol. The second-order valence-electron chi connectivity index (χ2n) is 4.44. The number of benzene rings is 1. The summed E-state index contributed by atoms with van der Waals surface area (Å²) in [6.07, 6.45) is 1.46. The lowest BCUT2D eigenvalue weighted by Gasteiger charge is -2.20. The Kier molecular flexibility index (Phi) is 6.97. The number of hydrogen-bond donors (Lipinski definition) is 1. The molecule has 0 bridgehead atoms. The van der Waals surface area contributed by atoms with Gasteiger partial charge in [0.1, 0.15) is 10.7 Å². The lowest BCUT2D eigenvalue weighted by molar-refractivity contribution is 0.182. The molecule has 0 aliphatic carbocycles. The van der Waals surface area contributed by atoms with Crippen molar-refractivity contribution in [2.45, 2.75) is 11.4 Å². The van der Waals surface area contributed by atoms with Crippen molar-refractivity contribution in [3.63, 3.8) is 0 Å². The van der Waals surface area contributed by atoms with Crippen LogP contribution in [0.2, 0.25) is 0 Å². The molecule has 1 rings (SSSR count). The van der Waals surface area contributed by atoms with Crippen LogP contribution >= 0.6 is 0 Å². The maximum atomic E-state index is 14.1. The molecule has 0 heterocycles. The number of nitrogens with one attached hydrogen (secondary N) is 1. The predicted molar refractivity (Wildman–Crippen MR) is 80.0 cm³/mol. The van der Waals surface area contributed by atoms with Gasteiger partial charge in [-0.05, 0) is 24.7 Å². The molecule has 0 unspecified atom stereocenters. The van der Waals surface area contributed by atoms with E-state index in [2.05, 4.69) is 11.9 Å². The zero-order chi connectivity index (χ0) is 15.9. The molecule has 0 saturated heterocycles. The number of methoxy groups -OCH3 is 1. The maximum absolute atomic E-state index is 14.1. The summed E-state index contributed by atoms with van der Waals surface area (Å²) in [7, 11) is -0.698. The standard InChI is InChI=1S/C14H21FN2O3S/c1-4-7-17(8-9-20-3)21(18,19)14-6-5-12(11-16-2)10-13(14)15/h4-6,10,16H,1,7-9,11H2,2-3H3. The third kappa shape index (κ3) is 4.60. The van der Waals surface area contributed by atoms with E-state index in [4.69, 9.17) is 4.74 Å². The van der Waals surface area contributed by atoms with Crippen LogP contribution in [0.15, 0.2) is 35.7 Å². The summed E-state index contributed by atoms with van der Waals surface area (Å²) in [6, 6.07) is 4.11. The average Bonchev–Trinajstić information content (AvgIpc) is 2.43. The van der Waals surface area contributed by atoms with Crippen molar-refractivity contribution in [2.75, 3.05) is 33.9 Å². The largest absolute Gasteiger partial charge is 0.383 e. The number of nitrogens with zero attached hydrogens (tertiary/aromatic N) is 1. The molecule has 0 amide bonds. The van der Waals surface area contributed by atoms with Crippen LogP contribution in [0.1, 0.15) is 5.56 Å². The molecule has 7 heteroatoms. The lowest BCUT2D eigenvalue weighted by atomic mass is 10.2. The fourth-order valence-electron chi connectivity index (χ4n) is 1.85. The molecule has 5 nitrogen and oxygen atoms in total. The van der Waals surface area contributed by atoms with Crippen LogP contribution in [0.25, 0.3) is 0 Å². The molecule has 0 aliphatic heterocycles. The first-order valence-corrected chi connectivity index (χ1v) is 7.94. The summed E-state index contributed by atoms with van der Waals surface area (Å²) in [5.41, 5.74) is 0.682. The van der Waals surface area contributed by atoms with Gasteiger partial charge in [0.05, 0.1) is 6.61 Å². The Labute approximate surface area is 125 Å². The third-order valence-corrected chi connectivity index (χ3v) is 4.77. The number of hydrogen-bond acceptors (Lipinski definition) is 4. The zero-order valence-corrected chi connectivity index (χ0v) is 13.1. The van der Waals surface area contributed by atoms with Crippen molar-refractivity contribution < 1.29 is 17.5 Å². The van der Waals surface area contributed by atoms with Gasteiger partial charge in [0.2, 0.25) is 10.0 Å². The van der Waals surface area contributed by atoms with Crippen molar-refractivity contribution in [1.82, 2.24) is 9.62 Å². The SMILES string of the molecule is C=CCN(CCOC)S(=O)(=O)c1ccc(CNC)cc1F. The average molecular weight is 316 g/mol. The van der Waals surface area contributed by atoms with E-state index in [1.807, 2.05) is 0 Å². The number of ether oxygens (including phenoxy) is 1. The quantitative estimate of drug-likeness (QED) is 0.699. The molecule has 0 radical (unpaired) electrons. The number of halogens is 1. The Balaban J connectivity index is 3.11. The highest BCUT2D eigenvalue weighted by Crippen LogP contribution is 2.20. The highest BCUT2D eigenvalue weighted by atomic mass is 32.2. The van der Waals surface area contributed by atoms with Crippen LogP contribution in [0.3, 0.4) is 0 Å². The second kappa shape index (κ2) is 8.23. The van der Waals surface area contributed by atoms with Crippen molar-refractivity contribution in [2.24, 2.45) is 0 Å². The summed E-state index contributed by atoms with van der Waals surface area (Å²) < 4.78 is 45.1. The van der Waals surface area contributed by atoms with Crippen molar-refractivity contribution >= 4 is 10.0 Å². The molecule has 0 spiro atoms. The Hall–Kier alpha value is -1.28. The first-order chi connectivity index (χ1) is 9.97. The highest BCUT2D eigenvalue weighted by Gasteiger charge is 2.26. The summed E-state index contributed by atoms with van der Waals surface area (Å²) >= 11 is 0. The predicted octanol–water partition coefficient (Wildman–Crippen LogP) is 1.37. The molecular weight excluding hydrogens is 295 g/mol. The van der Waals surface area contributed by atoms with E-state index in [0.717, 1.165) is 4.31 Å². The molecule has 118 valence electrons. The van der Waals surface area contributed by atoms with Crippen molar-refractivity contribution in [3.05, 3.63) is 42.2 Å². The van der Waals surface area contributed by atoms with Gasteiger partial charge in [-0.2, -0.15) is 4.31 Å². The zero-order valence-electron chi connectivity index (χ0n) is 12.3. The summed E-state index contributed by atoms with van der Waals surface area (Å²) in [6.45, 7) is 4.47. The smallest absolute Gasteiger partial charge is 0.246 e. The highest BCUT2D eigenvalue weighted by molar-refractivity contribution is 7.89. The Morgan fingerprint density at radius 2 is 2.19 bits per heavy atom. The van der Waals surface area contributed by atoms with E-state index in [-0.39, 0.29) is 24.6 Å². The molecule has 1 aromatic carbocycles. The molecule has 0 saturated carbocycles. The summed E-state index contributed by atoms with van der Waals surface area (Å²) in [4.78, 5) is -0.333. The molecule has 0 fully saturated rings. The van der Waals surface area contributed by atoms with Crippen LogP contribution in [0, 0.1) is 5.82 Å². The van der Waals surface area contributed by atoms with Gasteiger partial charge in [-0.3, -0.25) is 0 Å². The van der Waals surface area contributed by atoms with Gasteiger partial charge in [0.25, 0.3) is 0 Å². The van der Waals surface area contributed by atoms with E-state index < -0.39 is 15.8 Å². The van der Waals surface area contributed by atoms with Crippen LogP contribution in [-0.4, -0.2) is 46.6 Å². The van der Waals surface area contributed by atoms with Gasteiger partial charge < -0.3 is 10.1 Å². The molecular formula is C14H21FN2O3S. The Morgan fingerprint density at radius 3 is 2.71 bits per heavy atom. The molecule has 21 heavy (non-hydrogen) atoms. The second-order valence-corrected chi connectivity index (χ2v) is 6.35. The molecule has 0 atom stereocenters. The topological polar surface area (TPSA) is 58.6 Å². The minimum absolute atomic E-state index is 0.101. The van der Waals surface area contributed by atoms with Crippen molar-refractivity contribution in [3.8, 4) is 0 Å². The van der Waals surface area contributed by atoms with Gasteiger partial charge in [-0.15, -0.1) is 6.58 Å². The van der Waals surface area contributed by atoms with Gasteiger partial charge in [-0.25, -0.2) is 12.8 Å². The minimum Gasteiger partial charge on any atom is -0.383 e.